The van der Waals surface area contributed by atoms with Crippen molar-refractivity contribution in [3.63, 3.8) is 0 Å². The summed E-state index contributed by atoms with van der Waals surface area (Å²) in [6.07, 6.45) is -4.93. The lowest BCUT2D eigenvalue weighted by atomic mass is 10.0. The molecule has 16 heavy (non-hydrogen) atoms. The molecule has 1 unspecified atom stereocenters. The molecule has 1 atom stereocenters. The van der Waals surface area contributed by atoms with E-state index in [1.807, 2.05) is 0 Å². The molecule has 88 valence electrons. The first kappa shape index (κ1) is 11.4. The van der Waals surface area contributed by atoms with Gasteiger partial charge in [0.05, 0.1) is 11.1 Å². The third kappa shape index (κ3) is 2.04. The number of rotatable bonds is 2. The lowest BCUT2D eigenvalue weighted by Crippen LogP contribution is -2.28. The average molecular weight is 233 g/mol. The first-order valence-corrected chi connectivity index (χ1v) is 4.93. The Bertz CT molecular complexity index is 395. The lowest BCUT2D eigenvalue weighted by molar-refractivity contribution is -0.137. The molecule has 0 heterocycles. The van der Waals surface area contributed by atoms with Crippen molar-refractivity contribution in [1.29, 1.82) is 0 Å². The van der Waals surface area contributed by atoms with Crippen molar-refractivity contribution >= 4 is 0 Å². The summed E-state index contributed by atoms with van der Waals surface area (Å²) in [6, 6.07) is 4.30. The fourth-order valence-corrected chi connectivity index (χ4v) is 1.60. The SMILES string of the molecule is NC1(C(F)c2cccc(C(F)(F)F)c2)CC1. The number of alkyl halides is 4. The summed E-state index contributed by atoms with van der Waals surface area (Å²) in [6.45, 7) is 0. The fourth-order valence-electron chi connectivity index (χ4n) is 1.60. The van der Waals surface area contributed by atoms with Crippen LogP contribution in [-0.2, 0) is 6.18 Å². The van der Waals surface area contributed by atoms with Crippen molar-refractivity contribution in [2.24, 2.45) is 5.73 Å². The minimum atomic E-state index is -4.44. The molecule has 5 heteroatoms. The Balaban J connectivity index is 2.29. The second-order valence-electron chi connectivity index (χ2n) is 4.22. The second-order valence-corrected chi connectivity index (χ2v) is 4.22. The molecular weight excluding hydrogens is 222 g/mol. The van der Waals surface area contributed by atoms with Gasteiger partial charge in [-0.2, -0.15) is 13.2 Å². The van der Waals surface area contributed by atoms with Crippen LogP contribution in [0.15, 0.2) is 24.3 Å². The quantitative estimate of drug-likeness (QED) is 0.780. The van der Waals surface area contributed by atoms with E-state index < -0.39 is 23.5 Å². The Kier molecular flexibility index (Phi) is 2.45. The highest BCUT2D eigenvalue weighted by Crippen LogP contribution is 2.46. The van der Waals surface area contributed by atoms with Crippen LogP contribution in [0.4, 0.5) is 17.6 Å². The van der Waals surface area contributed by atoms with E-state index in [9.17, 15) is 17.6 Å². The average Bonchev–Trinajstić information content (AvgIpc) is 2.96. The predicted molar refractivity (Wildman–Crippen MR) is 51.4 cm³/mol. The third-order valence-electron chi connectivity index (χ3n) is 2.84. The maximum Gasteiger partial charge on any atom is 0.416 e. The van der Waals surface area contributed by atoms with Gasteiger partial charge in [-0.1, -0.05) is 12.1 Å². The van der Waals surface area contributed by atoms with E-state index in [0.29, 0.717) is 12.8 Å². The molecule has 1 aromatic rings. The Labute approximate surface area is 90.3 Å². The van der Waals surface area contributed by atoms with Crippen LogP contribution in [0.5, 0.6) is 0 Å². The van der Waals surface area contributed by atoms with Gasteiger partial charge in [-0.25, -0.2) is 4.39 Å². The van der Waals surface area contributed by atoms with Crippen molar-refractivity contribution in [2.75, 3.05) is 0 Å². The van der Waals surface area contributed by atoms with Gasteiger partial charge in [0.1, 0.15) is 6.17 Å². The van der Waals surface area contributed by atoms with Gasteiger partial charge in [-0.05, 0) is 30.5 Å². The molecule has 1 aliphatic carbocycles. The van der Waals surface area contributed by atoms with Crippen LogP contribution in [0.2, 0.25) is 0 Å². The summed E-state index contributed by atoms with van der Waals surface area (Å²) < 4.78 is 50.9. The topological polar surface area (TPSA) is 26.0 Å². The lowest BCUT2D eigenvalue weighted by Gasteiger charge is -2.16. The molecule has 1 fully saturated rings. The molecule has 1 saturated carbocycles. The van der Waals surface area contributed by atoms with Crippen molar-refractivity contribution in [3.8, 4) is 0 Å². The zero-order valence-electron chi connectivity index (χ0n) is 8.39. The number of halogens is 4. The molecule has 0 amide bonds. The van der Waals surface area contributed by atoms with Crippen molar-refractivity contribution in [2.45, 2.75) is 30.7 Å². The van der Waals surface area contributed by atoms with E-state index in [-0.39, 0.29) is 5.56 Å². The summed E-state index contributed by atoms with van der Waals surface area (Å²) in [5, 5.41) is 0. The van der Waals surface area contributed by atoms with E-state index in [1.165, 1.54) is 12.1 Å². The molecule has 1 nitrogen and oxygen atoms in total. The number of nitrogens with two attached hydrogens (primary N) is 1. The van der Waals surface area contributed by atoms with E-state index in [0.717, 1.165) is 12.1 Å². The molecular formula is C11H11F4N. The summed E-state index contributed by atoms with van der Waals surface area (Å²) in [7, 11) is 0. The van der Waals surface area contributed by atoms with Crippen LogP contribution in [0.3, 0.4) is 0 Å². The third-order valence-corrected chi connectivity index (χ3v) is 2.84. The molecule has 1 aromatic carbocycles. The molecule has 0 saturated heterocycles. The molecule has 2 N–H and O–H groups in total. The van der Waals surface area contributed by atoms with Crippen LogP contribution in [0.25, 0.3) is 0 Å². The van der Waals surface area contributed by atoms with Crippen molar-refractivity contribution < 1.29 is 17.6 Å². The maximum absolute atomic E-state index is 13.8. The molecule has 0 aliphatic heterocycles. The molecule has 1 aliphatic rings. The molecule has 2 rings (SSSR count). The highest BCUT2D eigenvalue weighted by atomic mass is 19.4. The first-order chi connectivity index (χ1) is 7.33. The van der Waals surface area contributed by atoms with E-state index >= 15 is 0 Å². The van der Waals surface area contributed by atoms with Gasteiger partial charge in [-0.3, -0.25) is 0 Å². The van der Waals surface area contributed by atoms with Crippen molar-refractivity contribution in [3.05, 3.63) is 35.4 Å². The van der Waals surface area contributed by atoms with E-state index in [4.69, 9.17) is 5.73 Å². The molecule has 0 spiro atoms. The van der Waals surface area contributed by atoms with Gasteiger partial charge in [0.15, 0.2) is 0 Å². The predicted octanol–water partition coefficient (Wildman–Crippen LogP) is 3.21. The highest BCUT2D eigenvalue weighted by Gasteiger charge is 2.47. The summed E-state index contributed by atoms with van der Waals surface area (Å²) in [5.74, 6) is 0. The van der Waals surface area contributed by atoms with Gasteiger partial charge in [0.2, 0.25) is 0 Å². The summed E-state index contributed by atoms with van der Waals surface area (Å²) in [5.41, 5.74) is 3.84. The fraction of sp³-hybridized carbons (Fsp3) is 0.455. The van der Waals surface area contributed by atoms with Crippen LogP contribution in [0, 0.1) is 0 Å². The Hall–Kier alpha value is -1.10. The minimum Gasteiger partial charge on any atom is -0.322 e. The second kappa shape index (κ2) is 3.45. The zero-order valence-corrected chi connectivity index (χ0v) is 8.39. The smallest absolute Gasteiger partial charge is 0.322 e. The Morgan fingerprint density at radius 3 is 2.38 bits per heavy atom. The number of benzene rings is 1. The summed E-state index contributed by atoms with van der Waals surface area (Å²) >= 11 is 0. The monoisotopic (exact) mass is 233 g/mol. The van der Waals surface area contributed by atoms with E-state index in [1.54, 1.807) is 0 Å². The zero-order chi connectivity index (χ0) is 12.0. The molecule has 0 radical (unpaired) electrons. The highest BCUT2D eigenvalue weighted by molar-refractivity contribution is 5.30. The van der Waals surface area contributed by atoms with Gasteiger partial charge in [-0.15, -0.1) is 0 Å². The molecule has 0 bridgehead atoms. The van der Waals surface area contributed by atoms with E-state index in [2.05, 4.69) is 0 Å². The Morgan fingerprint density at radius 1 is 1.25 bits per heavy atom. The standard InChI is InChI=1S/C11H11F4N/c12-9(10(16)4-5-10)7-2-1-3-8(6-7)11(13,14)15/h1-3,6,9H,4-5,16H2. The maximum atomic E-state index is 13.8. The van der Waals surface area contributed by atoms with Crippen LogP contribution in [0.1, 0.15) is 30.1 Å². The summed E-state index contributed by atoms with van der Waals surface area (Å²) in [4.78, 5) is 0. The Morgan fingerprint density at radius 2 is 1.88 bits per heavy atom. The van der Waals surface area contributed by atoms with Gasteiger partial charge in [0.25, 0.3) is 0 Å². The number of hydrogen-bond donors (Lipinski definition) is 1. The van der Waals surface area contributed by atoms with Crippen LogP contribution < -0.4 is 5.73 Å². The van der Waals surface area contributed by atoms with Crippen molar-refractivity contribution in [1.82, 2.24) is 0 Å². The normalized spacial score (nSPS) is 20.6. The number of hydrogen-bond acceptors (Lipinski definition) is 1. The molecule has 0 aromatic heterocycles. The van der Waals surface area contributed by atoms with Crippen LogP contribution in [-0.4, -0.2) is 5.54 Å². The minimum absolute atomic E-state index is 0.00910. The largest absolute Gasteiger partial charge is 0.416 e. The van der Waals surface area contributed by atoms with Gasteiger partial charge < -0.3 is 5.73 Å². The van der Waals surface area contributed by atoms with Crippen LogP contribution >= 0.6 is 0 Å². The van der Waals surface area contributed by atoms with Gasteiger partial charge in [0, 0.05) is 0 Å². The first-order valence-electron chi connectivity index (χ1n) is 4.93. The van der Waals surface area contributed by atoms with Gasteiger partial charge >= 0.3 is 6.18 Å².